The molecule has 0 saturated heterocycles. The topological polar surface area (TPSA) is 38.0 Å². The van der Waals surface area contributed by atoms with Crippen molar-refractivity contribution in [3.05, 3.63) is 28.2 Å². The third-order valence-corrected chi connectivity index (χ3v) is 5.78. The number of benzene rings is 1. The number of nitrogens with two attached hydrogens (primary N) is 1. The minimum absolute atomic E-state index is 0.458. The fraction of sp³-hybridized carbons (Fsp3) is 0.562. The molecule has 0 heterocycles. The van der Waals surface area contributed by atoms with Gasteiger partial charge in [0.05, 0.1) is 0 Å². The van der Waals surface area contributed by atoms with Crippen molar-refractivity contribution in [1.82, 2.24) is 0 Å². The highest BCUT2D eigenvalue weighted by atomic mass is 79.9. The average molecular weight is 353 g/mol. The minimum Gasteiger partial charge on any atom is -0.389 e. The Labute approximate surface area is 134 Å². The van der Waals surface area contributed by atoms with Crippen LogP contribution in [-0.4, -0.2) is 11.0 Å². The van der Waals surface area contributed by atoms with Crippen molar-refractivity contribution in [3.8, 4) is 0 Å². The fourth-order valence-corrected chi connectivity index (χ4v) is 4.65. The van der Waals surface area contributed by atoms with Gasteiger partial charge in [-0.05, 0) is 62.1 Å². The summed E-state index contributed by atoms with van der Waals surface area (Å²) in [5.41, 5.74) is 7.83. The molecule has 2 aliphatic carbocycles. The number of anilines is 1. The smallest absolute Gasteiger partial charge is 0.106 e. The molecule has 0 radical (unpaired) electrons. The Kier molecular flexibility index (Phi) is 4.04. The van der Waals surface area contributed by atoms with Crippen LogP contribution in [0, 0.1) is 17.8 Å². The molecule has 0 spiro atoms. The maximum absolute atomic E-state index is 5.83. The number of thiocarbonyl (C=S) groups is 1. The zero-order valence-corrected chi connectivity index (χ0v) is 14.1. The molecule has 1 aromatic carbocycles. The van der Waals surface area contributed by atoms with Crippen molar-refractivity contribution >= 4 is 38.8 Å². The van der Waals surface area contributed by atoms with Crippen molar-refractivity contribution in [2.24, 2.45) is 23.5 Å². The molecule has 0 amide bonds. The van der Waals surface area contributed by atoms with E-state index in [9.17, 15) is 0 Å². The Morgan fingerprint density at radius 2 is 2.20 bits per heavy atom. The van der Waals surface area contributed by atoms with Gasteiger partial charge < -0.3 is 11.1 Å². The fourth-order valence-electron chi connectivity index (χ4n) is 4.11. The predicted octanol–water partition coefficient (Wildman–Crippen LogP) is 4.32. The number of rotatable bonds is 4. The van der Waals surface area contributed by atoms with E-state index < -0.39 is 0 Å². The largest absolute Gasteiger partial charge is 0.389 e. The molecule has 4 atom stereocenters. The number of halogens is 1. The molecule has 2 nitrogen and oxygen atoms in total. The summed E-state index contributed by atoms with van der Waals surface area (Å²) in [6, 6.07) is 6.54. The lowest BCUT2D eigenvalue weighted by Crippen LogP contribution is -2.30. The van der Waals surface area contributed by atoms with Gasteiger partial charge in [0, 0.05) is 21.8 Å². The highest BCUT2D eigenvalue weighted by Crippen LogP contribution is 2.49. The van der Waals surface area contributed by atoms with E-state index in [-0.39, 0.29) is 0 Å². The maximum atomic E-state index is 5.83. The van der Waals surface area contributed by atoms with Gasteiger partial charge in [-0.25, -0.2) is 0 Å². The number of nitrogens with one attached hydrogen (secondary N) is 1. The summed E-state index contributed by atoms with van der Waals surface area (Å²) in [4.78, 5) is 0.458. The van der Waals surface area contributed by atoms with Gasteiger partial charge in [-0.15, -0.1) is 0 Å². The van der Waals surface area contributed by atoms with Crippen LogP contribution in [0.3, 0.4) is 0 Å². The Morgan fingerprint density at radius 1 is 1.40 bits per heavy atom. The molecule has 3 rings (SSSR count). The van der Waals surface area contributed by atoms with Crippen molar-refractivity contribution in [2.75, 3.05) is 5.32 Å². The van der Waals surface area contributed by atoms with E-state index in [1.54, 1.807) is 0 Å². The van der Waals surface area contributed by atoms with E-state index in [1.165, 1.54) is 25.7 Å². The molecule has 2 fully saturated rings. The van der Waals surface area contributed by atoms with E-state index in [1.807, 2.05) is 12.1 Å². The van der Waals surface area contributed by atoms with Crippen molar-refractivity contribution < 1.29 is 0 Å². The average Bonchev–Trinajstić information content (AvgIpc) is 3.00. The first-order chi connectivity index (χ1) is 9.54. The van der Waals surface area contributed by atoms with Crippen molar-refractivity contribution in [3.63, 3.8) is 0 Å². The summed E-state index contributed by atoms with van der Waals surface area (Å²) in [6.45, 7) is 2.30. The summed E-state index contributed by atoms with van der Waals surface area (Å²) in [5, 5.41) is 3.66. The van der Waals surface area contributed by atoms with Gasteiger partial charge >= 0.3 is 0 Å². The summed E-state index contributed by atoms with van der Waals surface area (Å²) in [6.07, 6.45) is 5.69. The minimum atomic E-state index is 0.458. The molecule has 4 unspecified atom stereocenters. The first kappa shape index (κ1) is 14.3. The maximum Gasteiger partial charge on any atom is 0.106 e. The van der Waals surface area contributed by atoms with Crippen LogP contribution >= 0.6 is 28.1 Å². The van der Waals surface area contributed by atoms with E-state index in [0.29, 0.717) is 11.0 Å². The molecule has 2 saturated carbocycles. The molecule has 2 aliphatic rings. The van der Waals surface area contributed by atoms with Crippen LogP contribution in [0.25, 0.3) is 0 Å². The highest BCUT2D eigenvalue weighted by Gasteiger charge is 2.41. The number of hydrogen-bond donors (Lipinski definition) is 2. The van der Waals surface area contributed by atoms with Gasteiger partial charge in [-0.1, -0.05) is 34.6 Å². The van der Waals surface area contributed by atoms with Gasteiger partial charge in [-0.2, -0.15) is 0 Å². The molecule has 108 valence electrons. The molecular formula is C16H21BrN2S. The summed E-state index contributed by atoms with van der Waals surface area (Å²) >= 11 is 8.68. The first-order valence-electron chi connectivity index (χ1n) is 7.40. The molecule has 4 heteroatoms. The SMILES string of the molecule is CC(Nc1cc(Br)ccc1C(N)=S)C1CC2CCC1C2. The van der Waals surface area contributed by atoms with Crippen LogP contribution in [0.2, 0.25) is 0 Å². The Bertz CT molecular complexity index is 531. The van der Waals surface area contributed by atoms with Crippen LogP contribution in [0.4, 0.5) is 5.69 Å². The monoisotopic (exact) mass is 352 g/mol. The van der Waals surface area contributed by atoms with Crippen LogP contribution in [0.15, 0.2) is 22.7 Å². The molecule has 0 aromatic heterocycles. The lowest BCUT2D eigenvalue weighted by molar-refractivity contribution is 0.304. The van der Waals surface area contributed by atoms with Crippen LogP contribution < -0.4 is 11.1 Å². The molecule has 20 heavy (non-hydrogen) atoms. The molecule has 0 aliphatic heterocycles. The van der Waals surface area contributed by atoms with Gasteiger partial charge in [0.15, 0.2) is 0 Å². The van der Waals surface area contributed by atoms with E-state index in [4.69, 9.17) is 18.0 Å². The molecular weight excluding hydrogens is 332 g/mol. The second kappa shape index (κ2) is 5.64. The van der Waals surface area contributed by atoms with E-state index in [0.717, 1.165) is 33.5 Å². The highest BCUT2D eigenvalue weighted by molar-refractivity contribution is 9.10. The molecule has 3 N–H and O–H groups in total. The Balaban J connectivity index is 1.77. The van der Waals surface area contributed by atoms with Gasteiger partial charge in [-0.3, -0.25) is 0 Å². The van der Waals surface area contributed by atoms with Crippen molar-refractivity contribution in [2.45, 2.75) is 38.6 Å². The summed E-state index contributed by atoms with van der Waals surface area (Å²) in [5.74, 6) is 2.70. The predicted molar refractivity (Wildman–Crippen MR) is 92.1 cm³/mol. The van der Waals surface area contributed by atoms with Crippen LogP contribution in [0.1, 0.15) is 38.2 Å². The van der Waals surface area contributed by atoms with E-state index in [2.05, 4.69) is 34.2 Å². The standard InChI is InChI=1S/C16H21BrN2S/c1-9(14-7-10-2-3-11(14)6-10)19-15-8-12(17)4-5-13(15)16(18)20/h4-5,8-11,14,19H,2-3,6-7H2,1H3,(H2,18,20). The summed E-state index contributed by atoms with van der Waals surface area (Å²) in [7, 11) is 0. The third kappa shape index (κ3) is 2.73. The third-order valence-electron chi connectivity index (χ3n) is 5.07. The van der Waals surface area contributed by atoms with Gasteiger partial charge in [0.2, 0.25) is 0 Å². The normalized spacial score (nSPS) is 29.4. The van der Waals surface area contributed by atoms with Crippen LogP contribution in [-0.2, 0) is 0 Å². The molecule has 1 aromatic rings. The van der Waals surface area contributed by atoms with Gasteiger partial charge in [0.25, 0.3) is 0 Å². The zero-order chi connectivity index (χ0) is 14.3. The summed E-state index contributed by atoms with van der Waals surface area (Å²) < 4.78 is 1.06. The van der Waals surface area contributed by atoms with Crippen molar-refractivity contribution in [1.29, 1.82) is 0 Å². The second-order valence-electron chi connectivity index (χ2n) is 6.33. The number of fused-ring (bicyclic) bond motifs is 2. The second-order valence-corrected chi connectivity index (χ2v) is 7.68. The Hall–Kier alpha value is -0.610. The Morgan fingerprint density at radius 3 is 2.80 bits per heavy atom. The van der Waals surface area contributed by atoms with Gasteiger partial charge in [0.1, 0.15) is 4.99 Å². The zero-order valence-electron chi connectivity index (χ0n) is 11.7. The lowest BCUT2D eigenvalue weighted by atomic mass is 9.84. The lowest BCUT2D eigenvalue weighted by Gasteiger charge is -2.30. The van der Waals surface area contributed by atoms with E-state index >= 15 is 0 Å². The van der Waals surface area contributed by atoms with Crippen LogP contribution in [0.5, 0.6) is 0 Å². The number of hydrogen-bond acceptors (Lipinski definition) is 2. The first-order valence-corrected chi connectivity index (χ1v) is 8.60. The molecule has 2 bridgehead atoms. The quantitative estimate of drug-likeness (QED) is 0.792.